The molecule has 0 spiro atoms. The SMILES string of the molecule is CC(CO)C(C)NC(CN)c1cccc(F)c1F. The largest absolute Gasteiger partial charge is 0.396 e. The van der Waals surface area contributed by atoms with E-state index in [9.17, 15) is 8.78 Å². The van der Waals surface area contributed by atoms with Crippen LogP contribution in [0, 0.1) is 17.6 Å². The monoisotopic (exact) mass is 258 g/mol. The molecule has 0 saturated carbocycles. The Morgan fingerprint density at radius 1 is 1.33 bits per heavy atom. The highest BCUT2D eigenvalue weighted by atomic mass is 19.2. The van der Waals surface area contributed by atoms with Gasteiger partial charge < -0.3 is 16.2 Å². The van der Waals surface area contributed by atoms with Gasteiger partial charge in [-0.2, -0.15) is 0 Å². The van der Waals surface area contributed by atoms with Gasteiger partial charge in [0.2, 0.25) is 0 Å². The quantitative estimate of drug-likeness (QED) is 0.726. The minimum absolute atomic E-state index is 0.00988. The molecule has 3 nitrogen and oxygen atoms in total. The molecule has 0 radical (unpaired) electrons. The van der Waals surface area contributed by atoms with Gasteiger partial charge in [-0.1, -0.05) is 19.1 Å². The highest BCUT2D eigenvalue weighted by molar-refractivity contribution is 5.23. The fourth-order valence-electron chi connectivity index (χ4n) is 1.71. The van der Waals surface area contributed by atoms with Crippen molar-refractivity contribution in [2.24, 2.45) is 11.7 Å². The van der Waals surface area contributed by atoms with Crippen LogP contribution in [-0.2, 0) is 0 Å². The zero-order valence-electron chi connectivity index (χ0n) is 10.7. The highest BCUT2D eigenvalue weighted by Crippen LogP contribution is 2.20. The van der Waals surface area contributed by atoms with E-state index in [1.165, 1.54) is 12.1 Å². The minimum atomic E-state index is -0.879. The molecule has 4 N–H and O–H groups in total. The van der Waals surface area contributed by atoms with Crippen molar-refractivity contribution in [2.75, 3.05) is 13.2 Å². The van der Waals surface area contributed by atoms with E-state index >= 15 is 0 Å². The van der Waals surface area contributed by atoms with Gasteiger partial charge in [-0.25, -0.2) is 8.78 Å². The first-order valence-corrected chi connectivity index (χ1v) is 6.02. The summed E-state index contributed by atoms with van der Waals surface area (Å²) in [6.07, 6.45) is 0. The van der Waals surface area contributed by atoms with E-state index in [-0.39, 0.29) is 30.7 Å². The number of aliphatic hydroxyl groups excluding tert-OH is 1. The summed E-state index contributed by atoms with van der Waals surface area (Å²) in [4.78, 5) is 0. The van der Waals surface area contributed by atoms with Gasteiger partial charge in [0.15, 0.2) is 11.6 Å². The second kappa shape index (κ2) is 6.78. The van der Waals surface area contributed by atoms with Crippen LogP contribution in [0.1, 0.15) is 25.5 Å². The molecule has 1 rings (SSSR count). The molecule has 0 heterocycles. The molecule has 0 bridgehead atoms. The lowest BCUT2D eigenvalue weighted by Gasteiger charge is -2.26. The van der Waals surface area contributed by atoms with Crippen LogP contribution in [0.25, 0.3) is 0 Å². The predicted molar refractivity (Wildman–Crippen MR) is 67.0 cm³/mol. The second-order valence-electron chi connectivity index (χ2n) is 4.55. The summed E-state index contributed by atoms with van der Waals surface area (Å²) in [6, 6.07) is 3.53. The molecular weight excluding hydrogens is 238 g/mol. The summed E-state index contributed by atoms with van der Waals surface area (Å²) >= 11 is 0. The van der Waals surface area contributed by atoms with E-state index < -0.39 is 17.7 Å². The Labute approximate surface area is 106 Å². The molecule has 18 heavy (non-hydrogen) atoms. The molecule has 0 aliphatic carbocycles. The van der Waals surface area contributed by atoms with E-state index in [1.54, 1.807) is 0 Å². The Balaban J connectivity index is 2.86. The summed E-state index contributed by atoms with van der Waals surface area (Å²) in [5, 5.41) is 12.2. The van der Waals surface area contributed by atoms with Crippen molar-refractivity contribution in [1.82, 2.24) is 5.32 Å². The van der Waals surface area contributed by atoms with E-state index in [0.29, 0.717) is 0 Å². The van der Waals surface area contributed by atoms with Gasteiger partial charge in [0.25, 0.3) is 0 Å². The van der Waals surface area contributed by atoms with E-state index in [4.69, 9.17) is 10.8 Å². The number of hydrogen-bond acceptors (Lipinski definition) is 3. The van der Waals surface area contributed by atoms with Crippen LogP contribution in [0.5, 0.6) is 0 Å². The number of rotatable bonds is 6. The smallest absolute Gasteiger partial charge is 0.163 e. The maximum absolute atomic E-state index is 13.7. The first-order valence-electron chi connectivity index (χ1n) is 6.02. The fourth-order valence-corrected chi connectivity index (χ4v) is 1.71. The predicted octanol–water partition coefficient (Wildman–Crippen LogP) is 1.57. The third-order valence-electron chi connectivity index (χ3n) is 3.20. The van der Waals surface area contributed by atoms with Crippen molar-refractivity contribution in [3.8, 4) is 0 Å². The van der Waals surface area contributed by atoms with Crippen molar-refractivity contribution in [3.63, 3.8) is 0 Å². The van der Waals surface area contributed by atoms with Crippen molar-refractivity contribution >= 4 is 0 Å². The molecule has 0 saturated heterocycles. The van der Waals surface area contributed by atoms with Crippen LogP contribution < -0.4 is 11.1 Å². The van der Waals surface area contributed by atoms with E-state index in [0.717, 1.165) is 6.07 Å². The Hall–Kier alpha value is -1.04. The van der Waals surface area contributed by atoms with E-state index in [1.807, 2.05) is 13.8 Å². The number of aliphatic hydroxyl groups is 1. The van der Waals surface area contributed by atoms with Gasteiger partial charge >= 0.3 is 0 Å². The van der Waals surface area contributed by atoms with Crippen molar-refractivity contribution in [3.05, 3.63) is 35.4 Å². The average molecular weight is 258 g/mol. The van der Waals surface area contributed by atoms with Crippen molar-refractivity contribution in [2.45, 2.75) is 25.9 Å². The topological polar surface area (TPSA) is 58.3 Å². The zero-order chi connectivity index (χ0) is 13.7. The molecule has 102 valence electrons. The summed E-state index contributed by atoms with van der Waals surface area (Å²) in [5.41, 5.74) is 5.82. The zero-order valence-corrected chi connectivity index (χ0v) is 10.7. The van der Waals surface area contributed by atoms with Gasteiger partial charge in [-0.15, -0.1) is 0 Å². The Morgan fingerprint density at radius 2 is 2.00 bits per heavy atom. The van der Waals surface area contributed by atoms with Gasteiger partial charge in [0.1, 0.15) is 0 Å². The Morgan fingerprint density at radius 3 is 2.56 bits per heavy atom. The van der Waals surface area contributed by atoms with Gasteiger partial charge in [0.05, 0.1) is 0 Å². The lowest BCUT2D eigenvalue weighted by Crippen LogP contribution is -2.40. The summed E-state index contributed by atoms with van der Waals surface area (Å²) in [7, 11) is 0. The number of hydrogen-bond donors (Lipinski definition) is 3. The molecule has 0 aromatic heterocycles. The first kappa shape index (κ1) is 15.0. The maximum Gasteiger partial charge on any atom is 0.163 e. The second-order valence-corrected chi connectivity index (χ2v) is 4.55. The lowest BCUT2D eigenvalue weighted by atomic mass is 10.0. The maximum atomic E-state index is 13.7. The molecule has 1 aromatic carbocycles. The third kappa shape index (κ3) is 3.48. The van der Waals surface area contributed by atoms with Gasteiger partial charge in [-0.3, -0.25) is 0 Å². The molecule has 3 unspecified atom stereocenters. The van der Waals surface area contributed by atoms with Crippen LogP contribution in [0.3, 0.4) is 0 Å². The molecular formula is C13H20F2N2O. The summed E-state index contributed by atoms with van der Waals surface area (Å²) in [5.74, 6) is -1.74. The van der Waals surface area contributed by atoms with Crippen LogP contribution in [-0.4, -0.2) is 24.3 Å². The summed E-state index contributed by atoms with van der Waals surface area (Å²) < 4.78 is 26.8. The average Bonchev–Trinajstić information content (AvgIpc) is 2.38. The van der Waals surface area contributed by atoms with Crippen molar-refractivity contribution < 1.29 is 13.9 Å². The van der Waals surface area contributed by atoms with Crippen LogP contribution in [0.2, 0.25) is 0 Å². The number of halogens is 2. The van der Waals surface area contributed by atoms with Gasteiger partial charge in [-0.05, 0) is 18.9 Å². The van der Waals surface area contributed by atoms with Crippen LogP contribution >= 0.6 is 0 Å². The Bertz CT molecular complexity index is 387. The Kier molecular flexibility index (Phi) is 5.65. The number of nitrogens with one attached hydrogen (secondary N) is 1. The lowest BCUT2D eigenvalue weighted by molar-refractivity contribution is 0.200. The molecule has 0 aliphatic heterocycles. The number of benzene rings is 1. The summed E-state index contributed by atoms with van der Waals surface area (Å²) in [6.45, 7) is 3.92. The standard InChI is InChI=1S/C13H20F2N2O/c1-8(7-18)9(2)17-12(6-16)10-4-3-5-11(14)13(10)15/h3-5,8-9,12,17-18H,6-7,16H2,1-2H3. The van der Waals surface area contributed by atoms with Crippen LogP contribution in [0.4, 0.5) is 8.78 Å². The fraction of sp³-hybridized carbons (Fsp3) is 0.538. The molecule has 1 aromatic rings. The molecule has 5 heteroatoms. The third-order valence-corrected chi connectivity index (χ3v) is 3.20. The van der Waals surface area contributed by atoms with E-state index in [2.05, 4.69) is 5.32 Å². The first-order chi connectivity index (χ1) is 8.51. The highest BCUT2D eigenvalue weighted by Gasteiger charge is 2.20. The van der Waals surface area contributed by atoms with Crippen LogP contribution in [0.15, 0.2) is 18.2 Å². The normalized spacial score (nSPS) is 16.3. The molecule has 0 fully saturated rings. The molecule has 0 aliphatic rings. The number of nitrogens with two attached hydrogens (primary N) is 1. The molecule has 0 amide bonds. The van der Waals surface area contributed by atoms with Crippen molar-refractivity contribution in [1.29, 1.82) is 0 Å². The van der Waals surface area contributed by atoms with Gasteiger partial charge in [0, 0.05) is 30.8 Å². The minimum Gasteiger partial charge on any atom is -0.396 e. The molecule has 3 atom stereocenters.